The molecule has 0 saturated carbocycles. The second kappa shape index (κ2) is 9.42. The number of hydrogen-bond donors (Lipinski definition) is 2. The van der Waals surface area contributed by atoms with Crippen molar-refractivity contribution >= 4 is 52.6 Å². The van der Waals surface area contributed by atoms with Crippen LogP contribution in [0.1, 0.15) is 6.92 Å². The van der Waals surface area contributed by atoms with Crippen molar-refractivity contribution in [3.63, 3.8) is 0 Å². The van der Waals surface area contributed by atoms with E-state index in [0.29, 0.717) is 17.2 Å². The van der Waals surface area contributed by atoms with E-state index >= 15 is 0 Å². The Morgan fingerprint density at radius 1 is 1.28 bits per heavy atom. The number of nitriles is 3. The molecule has 1 heterocycles. The molecule has 0 aromatic carbocycles. The summed E-state index contributed by atoms with van der Waals surface area (Å²) in [6, 6.07) is 6.29. The van der Waals surface area contributed by atoms with Crippen LogP contribution >= 0.6 is 47.5 Å². The van der Waals surface area contributed by atoms with Gasteiger partial charge in [0.15, 0.2) is 15.2 Å². The summed E-state index contributed by atoms with van der Waals surface area (Å²) in [7, 11) is 0. The fraction of sp³-hybridized carbons (Fsp3) is 0.571. The van der Waals surface area contributed by atoms with E-state index in [0.717, 1.165) is 0 Å². The molecule has 0 saturated heterocycles. The normalized spacial score (nSPS) is 19.0. The molecule has 0 spiro atoms. The lowest BCUT2D eigenvalue weighted by Crippen LogP contribution is -2.60. The third-order valence-electron chi connectivity index (χ3n) is 3.71. The Hall–Kier alpha value is -1.29. The summed E-state index contributed by atoms with van der Waals surface area (Å²) >= 11 is 9.54. The van der Waals surface area contributed by atoms with E-state index in [1.165, 1.54) is 35.3 Å². The molecule has 1 aliphatic rings. The zero-order valence-electron chi connectivity index (χ0n) is 14.3. The van der Waals surface area contributed by atoms with Crippen LogP contribution in [0.25, 0.3) is 0 Å². The third-order valence-corrected chi connectivity index (χ3v) is 7.95. The maximum absolute atomic E-state index is 9.70. The van der Waals surface area contributed by atoms with Gasteiger partial charge in [0.2, 0.25) is 0 Å². The molecule has 0 bridgehead atoms. The first-order chi connectivity index (χ1) is 11.9. The van der Waals surface area contributed by atoms with Gasteiger partial charge in [0.1, 0.15) is 17.3 Å². The van der Waals surface area contributed by atoms with Gasteiger partial charge in [-0.05, 0) is 37.9 Å². The Morgan fingerprint density at radius 2 is 1.84 bits per heavy atom. The highest BCUT2D eigenvalue weighted by Gasteiger charge is 2.50. The van der Waals surface area contributed by atoms with Gasteiger partial charge in [0.05, 0.1) is 17.7 Å². The summed E-state index contributed by atoms with van der Waals surface area (Å²) in [5, 5.41) is 30.3. The van der Waals surface area contributed by atoms with Crippen LogP contribution in [0.3, 0.4) is 0 Å². The minimum atomic E-state index is -0.979. The van der Waals surface area contributed by atoms with Crippen LogP contribution in [-0.4, -0.2) is 49.9 Å². The van der Waals surface area contributed by atoms with E-state index in [-0.39, 0.29) is 5.82 Å². The summed E-state index contributed by atoms with van der Waals surface area (Å²) in [5.41, 5.74) is 9.66. The number of hydrazine groups is 1. The predicted molar refractivity (Wildman–Crippen MR) is 109 cm³/mol. The van der Waals surface area contributed by atoms with Gasteiger partial charge in [-0.2, -0.15) is 20.8 Å². The number of thiocarbonyl (C=S) groups is 1. The number of thioether (sulfide) groups is 3. The molecule has 1 aliphatic heterocycles. The van der Waals surface area contributed by atoms with Crippen molar-refractivity contribution in [1.82, 2.24) is 15.3 Å². The maximum atomic E-state index is 9.70. The minimum Gasteiger partial charge on any atom is -0.384 e. The molecular weight excluding hydrogens is 394 g/mol. The van der Waals surface area contributed by atoms with Crippen LogP contribution in [0.5, 0.6) is 0 Å². The van der Waals surface area contributed by atoms with E-state index in [1.54, 1.807) is 9.91 Å². The molecule has 25 heavy (non-hydrogen) atoms. The molecule has 1 unspecified atom stereocenters. The van der Waals surface area contributed by atoms with Crippen LogP contribution < -0.4 is 11.2 Å². The Bertz CT molecular complexity index is 654. The second-order valence-corrected chi connectivity index (χ2v) is 8.38. The fourth-order valence-corrected chi connectivity index (χ4v) is 5.81. The molecule has 0 aliphatic carbocycles. The predicted octanol–water partition coefficient (Wildman–Crippen LogP) is 1.84. The van der Waals surface area contributed by atoms with E-state index in [1.807, 2.05) is 25.7 Å². The molecule has 134 valence electrons. The highest BCUT2D eigenvalue weighted by molar-refractivity contribution is 8.17. The lowest BCUT2D eigenvalue weighted by molar-refractivity contribution is 0.183. The van der Waals surface area contributed by atoms with E-state index in [9.17, 15) is 15.8 Å². The summed E-state index contributed by atoms with van der Waals surface area (Å²) in [4.78, 5) is 1.64. The first kappa shape index (κ1) is 21.8. The quantitative estimate of drug-likeness (QED) is 0.490. The molecule has 0 fully saturated rings. The van der Waals surface area contributed by atoms with Gasteiger partial charge in [-0.1, -0.05) is 0 Å². The largest absolute Gasteiger partial charge is 0.384 e. The summed E-state index contributed by atoms with van der Waals surface area (Å²) in [6.45, 7) is 2.37. The van der Waals surface area contributed by atoms with Crippen molar-refractivity contribution in [3.05, 3.63) is 11.4 Å². The number of nitrogens with zero attached hydrogens (tertiary/aromatic N) is 5. The van der Waals surface area contributed by atoms with Gasteiger partial charge in [0.25, 0.3) is 0 Å². The molecule has 0 aromatic heterocycles. The van der Waals surface area contributed by atoms with Crippen LogP contribution in [0, 0.1) is 39.9 Å². The Morgan fingerprint density at radius 3 is 2.20 bits per heavy atom. The van der Waals surface area contributed by atoms with Crippen molar-refractivity contribution in [1.29, 1.82) is 15.8 Å². The fourth-order valence-electron chi connectivity index (χ4n) is 2.47. The van der Waals surface area contributed by atoms with E-state index < -0.39 is 15.5 Å². The van der Waals surface area contributed by atoms with Crippen molar-refractivity contribution < 1.29 is 0 Å². The number of rotatable bonds is 6. The van der Waals surface area contributed by atoms with Crippen molar-refractivity contribution in [2.24, 2.45) is 11.7 Å². The van der Waals surface area contributed by atoms with Crippen LogP contribution in [0.4, 0.5) is 0 Å². The average molecular weight is 414 g/mol. The number of hydrogen-bond acceptors (Lipinski definition) is 9. The first-order valence-electron chi connectivity index (χ1n) is 7.11. The van der Waals surface area contributed by atoms with E-state index in [4.69, 9.17) is 18.0 Å². The van der Waals surface area contributed by atoms with Gasteiger partial charge in [-0.15, -0.1) is 35.3 Å². The molecule has 3 N–H and O–H groups in total. The Labute approximate surface area is 166 Å². The Balaban J connectivity index is 3.67. The van der Waals surface area contributed by atoms with Crippen molar-refractivity contribution in [3.8, 4) is 18.2 Å². The van der Waals surface area contributed by atoms with Gasteiger partial charge in [-0.3, -0.25) is 5.43 Å². The molecule has 0 aromatic rings. The number of nitrogens with two attached hydrogens (primary N) is 1. The summed E-state index contributed by atoms with van der Waals surface area (Å²) in [5.74, 6) is -0.678. The zero-order valence-corrected chi connectivity index (χ0v) is 17.6. The molecule has 1 atom stereocenters. The van der Waals surface area contributed by atoms with Gasteiger partial charge in [0, 0.05) is 6.54 Å². The number of nitrogens with one attached hydrogen (secondary N) is 1. The first-order valence-corrected chi connectivity index (χ1v) is 11.3. The lowest BCUT2D eigenvalue weighted by atomic mass is 10.1. The highest BCUT2D eigenvalue weighted by Crippen LogP contribution is 2.46. The van der Waals surface area contributed by atoms with Gasteiger partial charge >= 0.3 is 0 Å². The molecule has 1 rings (SSSR count). The molecule has 11 heteroatoms. The van der Waals surface area contributed by atoms with Crippen molar-refractivity contribution in [2.45, 2.75) is 16.5 Å². The van der Waals surface area contributed by atoms with Gasteiger partial charge < -0.3 is 10.6 Å². The molecule has 0 amide bonds. The minimum absolute atomic E-state index is 0.283. The summed E-state index contributed by atoms with van der Waals surface area (Å²) in [6.07, 6.45) is 5.48. The molecule has 0 radical (unpaired) electrons. The topological polar surface area (TPSA) is 116 Å². The Kier molecular flexibility index (Phi) is 8.20. The molecule has 7 nitrogen and oxygen atoms in total. The summed E-state index contributed by atoms with van der Waals surface area (Å²) < 4.78 is -0.979. The molecular formula is C14H19N7S4. The smallest absolute Gasteiger partial charge is 0.189 e. The van der Waals surface area contributed by atoms with Crippen LogP contribution in [0.15, 0.2) is 11.4 Å². The lowest BCUT2D eigenvalue weighted by Gasteiger charge is -2.44. The third kappa shape index (κ3) is 3.79. The standard InChI is InChI=1S/C14H19N7S4/c1-5-20-11(18)10(8-17)12(23-2)21(19-13(20)22)14(24-3,25-4)9(6-15)7-16/h9,12H,5,18H2,1-4H3,(H,19,22). The van der Waals surface area contributed by atoms with E-state index in [2.05, 4.69) is 23.6 Å². The second-order valence-electron chi connectivity index (χ2n) is 4.76. The maximum Gasteiger partial charge on any atom is 0.189 e. The average Bonchev–Trinajstić information content (AvgIpc) is 2.73. The van der Waals surface area contributed by atoms with Crippen LogP contribution in [0.2, 0.25) is 0 Å². The highest BCUT2D eigenvalue weighted by atomic mass is 32.2. The van der Waals surface area contributed by atoms with Crippen molar-refractivity contribution in [2.75, 3.05) is 25.3 Å². The van der Waals surface area contributed by atoms with Gasteiger partial charge in [-0.25, -0.2) is 0 Å². The monoisotopic (exact) mass is 413 g/mol. The SMILES string of the molecule is CCN1C(=S)NN(C(SC)(SC)C(C#N)C#N)C(SC)C(C#N)=C1N. The zero-order chi connectivity index (χ0) is 19.2. The van der Waals surface area contributed by atoms with Crippen LogP contribution in [-0.2, 0) is 0 Å².